The number of aromatic nitrogens is 2. The van der Waals surface area contributed by atoms with E-state index in [1.807, 2.05) is 0 Å². The zero-order valence-corrected chi connectivity index (χ0v) is 8.88. The van der Waals surface area contributed by atoms with E-state index in [-0.39, 0.29) is 12.4 Å². The number of benzene rings is 1. The second-order valence-corrected chi connectivity index (χ2v) is 3.68. The Hall–Kier alpha value is -1.62. The Morgan fingerprint density at radius 1 is 1.38 bits per heavy atom. The summed E-state index contributed by atoms with van der Waals surface area (Å²) in [4.78, 5) is 0. The van der Waals surface area contributed by atoms with E-state index in [4.69, 9.17) is 17.3 Å². The average molecular weight is 244 g/mol. The molecule has 0 spiro atoms. The van der Waals surface area contributed by atoms with Gasteiger partial charge in [-0.1, -0.05) is 17.7 Å². The summed E-state index contributed by atoms with van der Waals surface area (Å²) in [7, 11) is 0. The molecule has 2 rings (SSSR count). The van der Waals surface area contributed by atoms with Crippen molar-refractivity contribution in [3.63, 3.8) is 0 Å². The maximum Gasteiger partial charge on any atom is 0.140 e. The van der Waals surface area contributed by atoms with Crippen LogP contribution in [0.1, 0.15) is 5.56 Å². The van der Waals surface area contributed by atoms with Gasteiger partial charge in [-0.15, -0.1) is 0 Å². The van der Waals surface area contributed by atoms with E-state index in [0.717, 1.165) is 6.07 Å². The molecule has 6 heteroatoms. The Kier molecular flexibility index (Phi) is 2.78. The molecule has 0 fully saturated rings. The first-order chi connectivity index (χ1) is 7.58. The number of nitrogens with zero attached hydrogens (tertiary/aromatic N) is 2. The third-order valence-electron chi connectivity index (χ3n) is 2.17. The predicted molar refractivity (Wildman–Crippen MR) is 57.1 cm³/mol. The van der Waals surface area contributed by atoms with E-state index in [0.29, 0.717) is 10.6 Å². The Labute approximate surface area is 95.4 Å². The van der Waals surface area contributed by atoms with E-state index in [1.54, 1.807) is 0 Å². The fraction of sp³-hybridized carbons (Fsp3) is 0.100. The van der Waals surface area contributed by atoms with Crippen molar-refractivity contribution >= 4 is 17.4 Å². The SMILES string of the molecule is Nc1c(Cl)cnn1Cc1ccc(F)cc1F. The van der Waals surface area contributed by atoms with E-state index in [1.165, 1.54) is 23.0 Å². The molecule has 0 atom stereocenters. The van der Waals surface area contributed by atoms with Crippen molar-refractivity contribution in [3.8, 4) is 0 Å². The molecule has 0 saturated carbocycles. The number of hydrogen-bond donors (Lipinski definition) is 1. The molecule has 0 amide bonds. The van der Waals surface area contributed by atoms with Gasteiger partial charge in [-0.25, -0.2) is 13.5 Å². The Bertz CT molecular complexity index is 525. The van der Waals surface area contributed by atoms with Gasteiger partial charge in [-0.3, -0.25) is 0 Å². The zero-order valence-electron chi connectivity index (χ0n) is 8.12. The van der Waals surface area contributed by atoms with Gasteiger partial charge in [0.15, 0.2) is 0 Å². The minimum atomic E-state index is -0.633. The lowest BCUT2D eigenvalue weighted by molar-refractivity contribution is 0.560. The van der Waals surface area contributed by atoms with Gasteiger partial charge in [-0.2, -0.15) is 5.10 Å². The van der Waals surface area contributed by atoms with Gasteiger partial charge in [0.1, 0.15) is 22.5 Å². The Morgan fingerprint density at radius 3 is 2.69 bits per heavy atom. The molecule has 0 aliphatic rings. The minimum absolute atomic E-state index is 0.116. The second kappa shape index (κ2) is 4.09. The molecule has 1 aromatic heterocycles. The molecule has 84 valence electrons. The van der Waals surface area contributed by atoms with Crippen molar-refractivity contribution in [2.45, 2.75) is 6.54 Å². The summed E-state index contributed by atoms with van der Waals surface area (Å²) in [5, 5.41) is 4.18. The molecule has 0 saturated heterocycles. The number of hydrogen-bond acceptors (Lipinski definition) is 2. The van der Waals surface area contributed by atoms with Crippen LogP contribution in [-0.2, 0) is 6.54 Å². The van der Waals surface area contributed by atoms with Crippen molar-refractivity contribution in [1.29, 1.82) is 0 Å². The molecule has 3 nitrogen and oxygen atoms in total. The Morgan fingerprint density at radius 2 is 2.12 bits per heavy atom. The van der Waals surface area contributed by atoms with Crippen LogP contribution in [0.15, 0.2) is 24.4 Å². The van der Waals surface area contributed by atoms with Crippen molar-refractivity contribution < 1.29 is 8.78 Å². The molecule has 0 radical (unpaired) electrons. The van der Waals surface area contributed by atoms with Crippen LogP contribution in [0.5, 0.6) is 0 Å². The van der Waals surface area contributed by atoms with E-state index in [9.17, 15) is 8.78 Å². The van der Waals surface area contributed by atoms with Gasteiger partial charge in [0, 0.05) is 11.6 Å². The first kappa shape index (κ1) is 10.9. The third kappa shape index (κ3) is 1.99. The van der Waals surface area contributed by atoms with E-state index < -0.39 is 11.6 Å². The van der Waals surface area contributed by atoms with Gasteiger partial charge in [-0.05, 0) is 6.07 Å². The van der Waals surface area contributed by atoms with Crippen molar-refractivity contribution in [2.24, 2.45) is 0 Å². The first-order valence-electron chi connectivity index (χ1n) is 4.48. The molecule has 0 aliphatic carbocycles. The highest BCUT2D eigenvalue weighted by molar-refractivity contribution is 6.32. The third-order valence-corrected chi connectivity index (χ3v) is 2.46. The molecule has 2 aromatic rings. The zero-order chi connectivity index (χ0) is 11.7. The summed E-state index contributed by atoms with van der Waals surface area (Å²) in [6, 6.07) is 3.34. The molecule has 1 aromatic carbocycles. The van der Waals surface area contributed by atoms with Crippen LogP contribution in [0.25, 0.3) is 0 Å². The molecule has 2 N–H and O–H groups in total. The number of rotatable bonds is 2. The van der Waals surface area contributed by atoms with Crippen molar-refractivity contribution in [3.05, 3.63) is 46.6 Å². The maximum atomic E-state index is 13.3. The fourth-order valence-electron chi connectivity index (χ4n) is 1.31. The quantitative estimate of drug-likeness (QED) is 0.881. The maximum absolute atomic E-state index is 13.3. The smallest absolute Gasteiger partial charge is 0.140 e. The largest absolute Gasteiger partial charge is 0.383 e. The lowest BCUT2D eigenvalue weighted by Crippen LogP contribution is -2.07. The predicted octanol–water partition coefficient (Wildman–Crippen LogP) is 2.45. The van der Waals surface area contributed by atoms with E-state index in [2.05, 4.69) is 5.10 Å². The number of halogens is 3. The minimum Gasteiger partial charge on any atom is -0.383 e. The fourth-order valence-corrected chi connectivity index (χ4v) is 1.45. The van der Waals surface area contributed by atoms with Crippen LogP contribution in [0, 0.1) is 11.6 Å². The standard InChI is InChI=1S/C10H8ClF2N3/c11-8-4-15-16(10(8)14)5-6-1-2-7(12)3-9(6)13/h1-4H,5,14H2. The highest BCUT2D eigenvalue weighted by atomic mass is 35.5. The Balaban J connectivity index is 2.30. The van der Waals surface area contributed by atoms with Crippen LogP contribution in [-0.4, -0.2) is 9.78 Å². The van der Waals surface area contributed by atoms with Crippen LogP contribution < -0.4 is 5.73 Å². The highest BCUT2D eigenvalue weighted by Crippen LogP contribution is 2.19. The summed E-state index contributed by atoms with van der Waals surface area (Å²) < 4.78 is 27.3. The second-order valence-electron chi connectivity index (χ2n) is 3.27. The summed E-state index contributed by atoms with van der Waals surface area (Å²) in [5.74, 6) is -0.996. The van der Waals surface area contributed by atoms with Gasteiger partial charge < -0.3 is 5.73 Å². The first-order valence-corrected chi connectivity index (χ1v) is 4.86. The van der Waals surface area contributed by atoms with Crippen LogP contribution in [0.4, 0.5) is 14.6 Å². The summed E-state index contributed by atoms with van der Waals surface area (Å²) in [6.45, 7) is 0.116. The summed E-state index contributed by atoms with van der Waals surface area (Å²) in [5.41, 5.74) is 5.90. The van der Waals surface area contributed by atoms with Gasteiger partial charge in [0.25, 0.3) is 0 Å². The monoisotopic (exact) mass is 243 g/mol. The van der Waals surface area contributed by atoms with Gasteiger partial charge in [0.2, 0.25) is 0 Å². The molecule has 0 unspecified atom stereocenters. The van der Waals surface area contributed by atoms with Gasteiger partial charge >= 0.3 is 0 Å². The highest BCUT2D eigenvalue weighted by Gasteiger charge is 2.09. The van der Waals surface area contributed by atoms with Gasteiger partial charge in [0.05, 0.1) is 12.7 Å². The lowest BCUT2D eigenvalue weighted by atomic mass is 10.2. The number of nitrogens with two attached hydrogens (primary N) is 1. The summed E-state index contributed by atoms with van der Waals surface area (Å²) in [6.07, 6.45) is 1.37. The number of anilines is 1. The number of nitrogen functional groups attached to an aromatic ring is 1. The molecular formula is C10H8ClF2N3. The molecule has 0 bridgehead atoms. The van der Waals surface area contributed by atoms with Crippen LogP contribution >= 0.6 is 11.6 Å². The molecule has 16 heavy (non-hydrogen) atoms. The lowest BCUT2D eigenvalue weighted by Gasteiger charge is -2.05. The normalized spacial score (nSPS) is 10.7. The molecular weight excluding hydrogens is 236 g/mol. The topological polar surface area (TPSA) is 43.8 Å². The van der Waals surface area contributed by atoms with Crippen molar-refractivity contribution in [1.82, 2.24) is 9.78 Å². The average Bonchev–Trinajstić information content (AvgIpc) is 2.54. The molecule has 1 heterocycles. The van der Waals surface area contributed by atoms with Crippen LogP contribution in [0.2, 0.25) is 5.02 Å². The molecule has 0 aliphatic heterocycles. The summed E-state index contributed by atoms with van der Waals surface area (Å²) >= 11 is 5.70. The van der Waals surface area contributed by atoms with Crippen molar-refractivity contribution in [2.75, 3.05) is 5.73 Å². The van der Waals surface area contributed by atoms with E-state index >= 15 is 0 Å². The van der Waals surface area contributed by atoms with Crippen LogP contribution in [0.3, 0.4) is 0 Å².